The molecular formula is C18H14N2O4. The van der Waals surface area contributed by atoms with E-state index < -0.39 is 11.9 Å². The van der Waals surface area contributed by atoms with Crippen LogP contribution in [-0.4, -0.2) is 24.1 Å². The van der Waals surface area contributed by atoms with Gasteiger partial charge in [-0.2, -0.15) is 5.26 Å². The van der Waals surface area contributed by atoms with Gasteiger partial charge in [-0.15, -0.1) is 0 Å². The number of hydrogen-bond acceptors (Lipinski definition) is 4. The topological polar surface area (TPSA) is 99.4 Å². The van der Waals surface area contributed by atoms with Crippen LogP contribution in [0.3, 0.4) is 0 Å². The van der Waals surface area contributed by atoms with E-state index in [1.54, 1.807) is 30.3 Å². The van der Waals surface area contributed by atoms with Crippen LogP contribution in [0, 0.1) is 11.3 Å². The van der Waals surface area contributed by atoms with Gasteiger partial charge in [-0.25, -0.2) is 4.79 Å². The molecule has 0 aliphatic rings. The molecule has 2 aromatic carbocycles. The Bertz CT molecular complexity index is 850. The monoisotopic (exact) mass is 322 g/mol. The minimum atomic E-state index is -1.10. The fourth-order valence-corrected chi connectivity index (χ4v) is 2.02. The SMILES string of the molecule is COc1ccccc1/C=C(/C#N)C(=O)Nc1cccc(C(=O)O)c1. The average Bonchev–Trinajstić information content (AvgIpc) is 2.60. The van der Waals surface area contributed by atoms with Crippen molar-refractivity contribution in [2.24, 2.45) is 0 Å². The smallest absolute Gasteiger partial charge is 0.335 e. The number of benzene rings is 2. The molecule has 24 heavy (non-hydrogen) atoms. The van der Waals surface area contributed by atoms with E-state index in [1.165, 1.54) is 31.4 Å². The molecule has 0 aromatic heterocycles. The number of carboxylic acids is 1. The third kappa shape index (κ3) is 3.99. The van der Waals surface area contributed by atoms with E-state index in [2.05, 4.69) is 5.32 Å². The molecule has 0 saturated heterocycles. The van der Waals surface area contributed by atoms with Gasteiger partial charge in [0.05, 0.1) is 12.7 Å². The van der Waals surface area contributed by atoms with Crippen molar-refractivity contribution in [3.8, 4) is 11.8 Å². The number of methoxy groups -OCH3 is 1. The Kier molecular flexibility index (Phi) is 5.32. The van der Waals surface area contributed by atoms with Gasteiger partial charge in [-0.1, -0.05) is 24.3 Å². The second kappa shape index (κ2) is 7.61. The van der Waals surface area contributed by atoms with Gasteiger partial charge in [-0.05, 0) is 30.3 Å². The summed E-state index contributed by atoms with van der Waals surface area (Å²) in [5.74, 6) is -1.20. The van der Waals surface area contributed by atoms with E-state index in [1.807, 2.05) is 6.07 Å². The Labute approximate surface area is 138 Å². The summed E-state index contributed by atoms with van der Waals surface area (Å²) in [7, 11) is 1.50. The molecule has 1 amide bonds. The molecule has 6 heteroatoms. The van der Waals surface area contributed by atoms with Crippen LogP contribution in [0.4, 0.5) is 5.69 Å². The van der Waals surface area contributed by atoms with Crippen molar-refractivity contribution < 1.29 is 19.4 Å². The zero-order valence-corrected chi connectivity index (χ0v) is 12.8. The summed E-state index contributed by atoms with van der Waals surface area (Å²) in [5, 5.41) is 20.7. The summed E-state index contributed by atoms with van der Waals surface area (Å²) in [6, 6.07) is 14.6. The molecule has 0 aliphatic carbocycles. The predicted molar refractivity (Wildman–Crippen MR) is 88.6 cm³/mol. The number of aromatic carboxylic acids is 1. The van der Waals surface area contributed by atoms with Crippen LogP contribution in [-0.2, 0) is 4.79 Å². The quantitative estimate of drug-likeness (QED) is 0.651. The van der Waals surface area contributed by atoms with Crippen LogP contribution >= 0.6 is 0 Å². The van der Waals surface area contributed by atoms with Gasteiger partial charge in [0.15, 0.2) is 0 Å². The molecule has 2 aromatic rings. The van der Waals surface area contributed by atoms with Gasteiger partial charge in [0, 0.05) is 11.3 Å². The van der Waals surface area contributed by atoms with Crippen LogP contribution in [0.1, 0.15) is 15.9 Å². The van der Waals surface area contributed by atoms with Crippen LogP contribution in [0.25, 0.3) is 6.08 Å². The Hall–Kier alpha value is -3.59. The average molecular weight is 322 g/mol. The van der Waals surface area contributed by atoms with Crippen molar-refractivity contribution in [2.45, 2.75) is 0 Å². The number of nitrogens with zero attached hydrogens (tertiary/aromatic N) is 1. The molecule has 2 rings (SSSR count). The molecule has 0 fully saturated rings. The summed E-state index contributed by atoms with van der Waals surface area (Å²) in [5.41, 5.74) is 0.798. The number of ether oxygens (including phenoxy) is 1. The molecule has 0 atom stereocenters. The van der Waals surface area contributed by atoms with Crippen molar-refractivity contribution in [1.29, 1.82) is 5.26 Å². The van der Waals surface area contributed by atoms with Crippen molar-refractivity contribution in [3.05, 3.63) is 65.2 Å². The number of carbonyl (C=O) groups excluding carboxylic acids is 1. The number of amides is 1. The molecule has 0 spiro atoms. The van der Waals surface area contributed by atoms with Gasteiger partial charge in [-0.3, -0.25) is 4.79 Å². The third-order valence-electron chi connectivity index (χ3n) is 3.17. The van der Waals surface area contributed by atoms with E-state index in [0.717, 1.165) is 0 Å². The largest absolute Gasteiger partial charge is 0.496 e. The first-order valence-corrected chi connectivity index (χ1v) is 6.94. The summed E-state index contributed by atoms with van der Waals surface area (Å²) in [6.45, 7) is 0. The zero-order valence-electron chi connectivity index (χ0n) is 12.8. The van der Waals surface area contributed by atoms with Crippen LogP contribution in [0.5, 0.6) is 5.75 Å². The fourth-order valence-electron chi connectivity index (χ4n) is 2.02. The second-order valence-electron chi connectivity index (χ2n) is 4.75. The highest BCUT2D eigenvalue weighted by molar-refractivity contribution is 6.10. The Morgan fingerprint density at radius 2 is 1.96 bits per heavy atom. The van der Waals surface area contributed by atoms with Crippen LogP contribution in [0.15, 0.2) is 54.1 Å². The number of nitrogens with one attached hydrogen (secondary N) is 1. The second-order valence-corrected chi connectivity index (χ2v) is 4.75. The van der Waals surface area contributed by atoms with E-state index in [9.17, 15) is 14.9 Å². The summed E-state index contributed by atoms with van der Waals surface area (Å²) < 4.78 is 5.18. The first-order chi connectivity index (χ1) is 11.5. The number of hydrogen-bond donors (Lipinski definition) is 2. The number of anilines is 1. The summed E-state index contributed by atoms with van der Waals surface area (Å²) in [4.78, 5) is 23.2. The van der Waals surface area contributed by atoms with Gasteiger partial charge >= 0.3 is 5.97 Å². The molecule has 2 N–H and O–H groups in total. The Morgan fingerprint density at radius 1 is 1.21 bits per heavy atom. The molecule has 0 bridgehead atoms. The van der Waals surface area contributed by atoms with Gasteiger partial charge in [0.1, 0.15) is 17.4 Å². The molecule has 0 radical (unpaired) electrons. The normalized spacial score (nSPS) is 10.6. The maximum atomic E-state index is 12.2. The number of carboxylic acid groups (broad SMARTS) is 1. The van der Waals surface area contributed by atoms with Crippen LogP contribution < -0.4 is 10.1 Å². The Morgan fingerprint density at radius 3 is 2.62 bits per heavy atom. The molecule has 0 saturated carbocycles. The van der Waals surface area contributed by atoms with Crippen molar-refractivity contribution in [1.82, 2.24) is 0 Å². The fraction of sp³-hybridized carbons (Fsp3) is 0.0556. The van der Waals surface area contributed by atoms with E-state index in [-0.39, 0.29) is 11.1 Å². The van der Waals surface area contributed by atoms with Gasteiger partial charge < -0.3 is 15.2 Å². The minimum absolute atomic E-state index is 0.0417. The molecular weight excluding hydrogens is 308 g/mol. The molecule has 120 valence electrons. The lowest BCUT2D eigenvalue weighted by Crippen LogP contribution is -2.14. The highest BCUT2D eigenvalue weighted by Gasteiger charge is 2.12. The molecule has 0 unspecified atom stereocenters. The number of nitriles is 1. The molecule has 0 aliphatic heterocycles. The van der Waals surface area contributed by atoms with E-state index in [0.29, 0.717) is 17.0 Å². The standard InChI is InChI=1S/C18H14N2O4/c1-24-16-8-3-2-5-12(16)9-14(11-19)17(21)20-15-7-4-6-13(10-15)18(22)23/h2-10H,1H3,(H,20,21)(H,22,23)/b14-9-. The number of para-hydroxylation sites is 1. The lowest BCUT2D eigenvalue weighted by atomic mass is 10.1. The summed E-state index contributed by atoms with van der Waals surface area (Å²) in [6.07, 6.45) is 1.41. The number of rotatable bonds is 5. The summed E-state index contributed by atoms with van der Waals surface area (Å²) >= 11 is 0. The first-order valence-electron chi connectivity index (χ1n) is 6.94. The minimum Gasteiger partial charge on any atom is -0.496 e. The highest BCUT2D eigenvalue weighted by Crippen LogP contribution is 2.21. The Balaban J connectivity index is 2.27. The lowest BCUT2D eigenvalue weighted by molar-refractivity contribution is -0.112. The highest BCUT2D eigenvalue weighted by atomic mass is 16.5. The predicted octanol–water partition coefficient (Wildman–Crippen LogP) is 2.94. The third-order valence-corrected chi connectivity index (χ3v) is 3.17. The van der Waals surface area contributed by atoms with Crippen molar-refractivity contribution in [2.75, 3.05) is 12.4 Å². The first kappa shape index (κ1) is 16.8. The maximum Gasteiger partial charge on any atom is 0.335 e. The van der Waals surface area contributed by atoms with E-state index >= 15 is 0 Å². The van der Waals surface area contributed by atoms with Gasteiger partial charge in [0.2, 0.25) is 0 Å². The van der Waals surface area contributed by atoms with E-state index in [4.69, 9.17) is 9.84 Å². The van der Waals surface area contributed by atoms with Crippen molar-refractivity contribution >= 4 is 23.6 Å². The molecule has 0 heterocycles. The maximum absolute atomic E-state index is 12.2. The number of carbonyl (C=O) groups is 2. The van der Waals surface area contributed by atoms with Crippen molar-refractivity contribution in [3.63, 3.8) is 0 Å². The van der Waals surface area contributed by atoms with Crippen LogP contribution in [0.2, 0.25) is 0 Å². The van der Waals surface area contributed by atoms with Gasteiger partial charge in [0.25, 0.3) is 5.91 Å². The molecule has 6 nitrogen and oxygen atoms in total. The zero-order chi connectivity index (χ0) is 17.5. The lowest BCUT2D eigenvalue weighted by Gasteiger charge is -2.07.